The Kier molecular flexibility index (Phi) is 5.33. The number of hydrogen-bond acceptors (Lipinski definition) is 5. The van der Waals surface area contributed by atoms with Gasteiger partial charge in [0.05, 0.1) is 18.8 Å². The second-order valence-electron chi connectivity index (χ2n) is 6.08. The van der Waals surface area contributed by atoms with Crippen molar-refractivity contribution in [1.29, 1.82) is 0 Å². The molecule has 0 unspecified atom stereocenters. The summed E-state index contributed by atoms with van der Waals surface area (Å²) in [5.74, 6) is 0.245. The van der Waals surface area contributed by atoms with E-state index in [9.17, 15) is 4.79 Å². The predicted molar refractivity (Wildman–Crippen MR) is 100 cm³/mol. The van der Waals surface area contributed by atoms with Gasteiger partial charge in [-0.3, -0.25) is 9.80 Å². The summed E-state index contributed by atoms with van der Waals surface area (Å²) in [4.78, 5) is 13.4. The van der Waals surface area contributed by atoms with Gasteiger partial charge in [-0.15, -0.1) is 0 Å². The molecule has 0 amide bonds. The Hall–Kier alpha value is -2.82. The van der Waals surface area contributed by atoms with Crippen LogP contribution in [0.1, 0.15) is 19.4 Å². The monoisotopic (exact) mass is 337 g/mol. The minimum Gasteiger partial charge on any atom is -0.427 e. The summed E-state index contributed by atoms with van der Waals surface area (Å²) in [6.07, 6.45) is 0. The van der Waals surface area contributed by atoms with E-state index in [0.29, 0.717) is 5.75 Å². The lowest BCUT2D eigenvalue weighted by atomic mass is 10.1. The Morgan fingerprint density at radius 3 is 2.16 bits per heavy atom. The lowest BCUT2D eigenvalue weighted by Crippen LogP contribution is -2.44. The number of ether oxygens (including phenoxy) is 1. The molecule has 2 aromatic rings. The molecule has 130 valence electrons. The fourth-order valence-electron chi connectivity index (χ4n) is 2.89. The number of nitrogens with zero attached hydrogens (tertiary/aromatic N) is 3. The van der Waals surface area contributed by atoms with E-state index in [4.69, 9.17) is 9.84 Å². The van der Waals surface area contributed by atoms with E-state index in [2.05, 4.69) is 34.2 Å². The molecule has 1 fully saturated rings. The van der Waals surface area contributed by atoms with Gasteiger partial charge < -0.3 is 9.64 Å². The molecule has 3 rings (SSSR count). The molecule has 2 aromatic carbocycles. The third kappa shape index (κ3) is 4.59. The Morgan fingerprint density at radius 2 is 1.56 bits per heavy atom. The van der Waals surface area contributed by atoms with E-state index in [0.717, 1.165) is 37.5 Å². The molecule has 1 heterocycles. The van der Waals surface area contributed by atoms with Gasteiger partial charge >= 0.3 is 5.97 Å². The predicted octanol–water partition coefficient (Wildman–Crippen LogP) is 3.16. The van der Waals surface area contributed by atoms with Gasteiger partial charge in [0.15, 0.2) is 0 Å². The molecule has 1 aliphatic heterocycles. The Morgan fingerprint density at radius 1 is 0.920 bits per heavy atom. The Balaban J connectivity index is 1.59. The highest BCUT2D eigenvalue weighted by Gasteiger charge is 2.16. The number of hydrazone groups is 1. The van der Waals surface area contributed by atoms with Crippen LogP contribution < -0.4 is 9.64 Å². The zero-order chi connectivity index (χ0) is 17.6. The molecule has 0 radical (unpaired) electrons. The smallest absolute Gasteiger partial charge is 0.308 e. The quantitative estimate of drug-likeness (QED) is 0.488. The summed E-state index contributed by atoms with van der Waals surface area (Å²) in [5, 5.41) is 6.86. The molecule has 25 heavy (non-hydrogen) atoms. The highest BCUT2D eigenvalue weighted by atomic mass is 16.5. The Labute approximate surface area is 148 Å². The average molecular weight is 337 g/mol. The zero-order valence-electron chi connectivity index (χ0n) is 14.7. The van der Waals surface area contributed by atoms with Gasteiger partial charge in [-0.1, -0.05) is 18.2 Å². The van der Waals surface area contributed by atoms with Crippen molar-refractivity contribution >= 4 is 17.4 Å². The number of para-hydroxylation sites is 1. The second kappa shape index (κ2) is 7.83. The molecule has 0 spiro atoms. The third-order valence-electron chi connectivity index (χ3n) is 4.20. The molecular formula is C20H23N3O2. The summed E-state index contributed by atoms with van der Waals surface area (Å²) in [7, 11) is 0. The lowest BCUT2D eigenvalue weighted by Gasteiger charge is -2.34. The molecule has 0 saturated carbocycles. The van der Waals surface area contributed by atoms with Crippen LogP contribution in [0.4, 0.5) is 5.69 Å². The molecule has 0 N–H and O–H groups in total. The van der Waals surface area contributed by atoms with Crippen LogP contribution in [-0.2, 0) is 4.79 Å². The normalized spacial score (nSPS) is 15.2. The van der Waals surface area contributed by atoms with E-state index < -0.39 is 0 Å². The first-order chi connectivity index (χ1) is 12.1. The van der Waals surface area contributed by atoms with E-state index in [-0.39, 0.29) is 5.97 Å². The molecule has 0 bridgehead atoms. The fraction of sp³-hybridized carbons (Fsp3) is 0.300. The van der Waals surface area contributed by atoms with Crippen molar-refractivity contribution < 1.29 is 9.53 Å². The van der Waals surface area contributed by atoms with Crippen LogP contribution in [0.5, 0.6) is 5.75 Å². The number of anilines is 1. The van der Waals surface area contributed by atoms with Crippen molar-refractivity contribution in [3.05, 3.63) is 60.2 Å². The maximum absolute atomic E-state index is 11.0. The van der Waals surface area contributed by atoms with Gasteiger partial charge in [-0.2, -0.15) is 5.10 Å². The van der Waals surface area contributed by atoms with Crippen LogP contribution in [0.15, 0.2) is 59.7 Å². The third-order valence-corrected chi connectivity index (χ3v) is 4.20. The standard InChI is InChI=1S/C20H23N3O2/c1-16(18-8-10-20(11-9-18)25-17(2)24)21-23-14-12-22(13-15-23)19-6-4-3-5-7-19/h3-11H,12-15H2,1-2H3. The molecule has 5 nitrogen and oxygen atoms in total. The molecule has 1 aliphatic rings. The number of carbonyl (C=O) groups is 1. The zero-order valence-corrected chi connectivity index (χ0v) is 14.7. The molecule has 0 aliphatic carbocycles. The van der Waals surface area contributed by atoms with Crippen molar-refractivity contribution in [2.75, 3.05) is 31.1 Å². The number of esters is 1. The van der Waals surface area contributed by atoms with Gasteiger partial charge in [0.1, 0.15) is 5.75 Å². The molecule has 0 atom stereocenters. The highest BCUT2D eigenvalue weighted by Crippen LogP contribution is 2.17. The topological polar surface area (TPSA) is 45.1 Å². The minimum atomic E-state index is -0.311. The largest absolute Gasteiger partial charge is 0.427 e. The van der Waals surface area contributed by atoms with E-state index in [1.165, 1.54) is 12.6 Å². The number of benzene rings is 2. The van der Waals surface area contributed by atoms with Crippen molar-refractivity contribution in [1.82, 2.24) is 5.01 Å². The second-order valence-corrected chi connectivity index (χ2v) is 6.08. The summed E-state index contributed by atoms with van der Waals surface area (Å²) in [5.41, 5.74) is 3.26. The van der Waals surface area contributed by atoms with Crippen LogP contribution in [0.25, 0.3) is 0 Å². The fourth-order valence-corrected chi connectivity index (χ4v) is 2.89. The average Bonchev–Trinajstić information content (AvgIpc) is 2.63. The number of rotatable bonds is 4. The first-order valence-electron chi connectivity index (χ1n) is 8.51. The van der Waals surface area contributed by atoms with Crippen molar-refractivity contribution in [3.8, 4) is 5.75 Å². The highest BCUT2D eigenvalue weighted by molar-refractivity contribution is 5.98. The van der Waals surface area contributed by atoms with Gasteiger partial charge in [0.25, 0.3) is 0 Å². The summed E-state index contributed by atoms with van der Waals surface area (Å²) >= 11 is 0. The number of piperazine rings is 1. The maximum atomic E-state index is 11.0. The van der Waals surface area contributed by atoms with Gasteiger partial charge in [0, 0.05) is 25.7 Å². The molecule has 0 aromatic heterocycles. The van der Waals surface area contributed by atoms with Gasteiger partial charge in [-0.05, 0) is 48.9 Å². The van der Waals surface area contributed by atoms with Crippen LogP contribution in [0.2, 0.25) is 0 Å². The maximum Gasteiger partial charge on any atom is 0.308 e. The first-order valence-corrected chi connectivity index (χ1v) is 8.51. The van der Waals surface area contributed by atoms with Crippen molar-refractivity contribution in [3.63, 3.8) is 0 Å². The molecule has 5 heteroatoms. The van der Waals surface area contributed by atoms with Crippen molar-refractivity contribution in [2.24, 2.45) is 5.10 Å². The van der Waals surface area contributed by atoms with Crippen LogP contribution in [-0.4, -0.2) is 42.9 Å². The van der Waals surface area contributed by atoms with E-state index >= 15 is 0 Å². The number of carbonyl (C=O) groups excluding carboxylic acids is 1. The Bertz CT molecular complexity index is 733. The number of hydrogen-bond donors (Lipinski definition) is 0. The summed E-state index contributed by atoms with van der Waals surface area (Å²) < 4.78 is 5.06. The van der Waals surface area contributed by atoms with Gasteiger partial charge in [-0.25, -0.2) is 0 Å². The minimum absolute atomic E-state index is 0.311. The lowest BCUT2D eigenvalue weighted by molar-refractivity contribution is -0.131. The summed E-state index contributed by atoms with van der Waals surface area (Å²) in [6, 6.07) is 17.9. The summed E-state index contributed by atoms with van der Waals surface area (Å²) in [6.45, 7) is 7.13. The SMILES string of the molecule is CC(=O)Oc1ccc(C(C)=NN2CCN(c3ccccc3)CC2)cc1. The van der Waals surface area contributed by atoms with Crippen LogP contribution >= 0.6 is 0 Å². The van der Waals surface area contributed by atoms with E-state index in [1.807, 2.05) is 25.1 Å². The van der Waals surface area contributed by atoms with Crippen LogP contribution in [0, 0.1) is 0 Å². The molecular weight excluding hydrogens is 314 g/mol. The van der Waals surface area contributed by atoms with Gasteiger partial charge in [0.2, 0.25) is 0 Å². The molecule has 1 saturated heterocycles. The van der Waals surface area contributed by atoms with E-state index in [1.54, 1.807) is 12.1 Å². The van der Waals surface area contributed by atoms with Crippen LogP contribution in [0.3, 0.4) is 0 Å². The van der Waals surface area contributed by atoms with Crippen molar-refractivity contribution in [2.45, 2.75) is 13.8 Å². The first kappa shape index (κ1) is 17.0.